The summed E-state index contributed by atoms with van der Waals surface area (Å²) in [6.07, 6.45) is 0.743. The summed E-state index contributed by atoms with van der Waals surface area (Å²) in [4.78, 5) is 24.1. The average Bonchev–Trinajstić information content (AvgIpc) is 2.59. The Bertz CT molecular complexity index is 270. The maximum atomic E-state index is 11.8. The molecular formula is C9H16N2O3S. The molecule has 5 nitrogen and oxygen atoms in total. The molecule has 1 aliphatic rings. The van der Waals surface area contributed by atoms with Gasteiger partial charge < -0.3 is 15.7 Å². The number of thioether (sulfide) groups is 1. The molecule has 0 spiro atoms. The van der Waals surface area contributed by atoms with Gasteiger partial charge in [-0.25, -0.2) is 4.79 Å². The SMILES string of the molecule is CCC1SCC(C(=O)O)N1C(=O)[C@@H](C)N. The topological polar surface area (TPSA) is 83.6 Å². The Balaban J connectivity index is 2.86. The summed E-state index contributed by atoms with van der Waals surface area (Å²) in [5, 5.41) is 8.93. The fourth-order valence-electron chi connectivity index (χ4n) is 1.60. The number of nitrogens with zero attached hydrogens (tertiary/aromatic N) is 1. The summed E-state index contributed by atoms with van der Waals surface area (Å²) in [6, 6.07) is -1.36. The Morgan fingerprint density at radius 3 is 2.67 bits per heavy atom. The third kappa shape index (κ3) is 2.43. The molecule has 3 atom stereocenters. The first-order chi connectivity index (χ1) is 6.99. The van der Waals surface area contributed by atoms with E-state index in [0.717, 1.165) is 6.42 Å². The van der Waals surface area contributed by atoms with Crippen molar-refractivity contribution in [3.8, 4) is 0 Å². The number of aliphatic carboxylic acids is 1. The highest BCUT2D eigenvalue weighted by Crippen LogP contribution is 2.31. The number of carboxylic acids is 1. The predicted octanol–water partition coefficient (Wildman–Crippen LogP) is 0.0983. The zero-order chi connectivity index (χ0) is 11.6. The van der Waals surface area contributed by atoms with Crippen molar-refractivity contribution in [3.63, 3.8) is 0 Å². The maximum absolute atomic E-state index is 11.8. The van der Waals surface area contributed by atoms with Crippen molar-refractivity contribution >= 4 is 23.6 Å². The van der Waals surface area contributed by atoms with Crippen molar-refractivity contribution in [2.24, 2.45) is 5.73 Å². The molecule has 1 aliphatic heterocycles. The van der Waals surface area contributed by atoms with Crippen LogP contribution in [0.25, 0.3) is 0 Å². The van der Waals surface area contributed by atoms with Crippen LogP contribution in [0.1, 0.15) is 20.3 Å². The number of carbonyl (C=O) groups excluding carboxylic acids is 1. The van der Waals surface area contributed by atoms with Gasteiger partial charge >= 0.3 is 5.97 Å². The molecule has 1 rings (SSSR count). The lowest BCUT2D eigenvalue weighted by Crippen LogP contribution is -2.51. The molecule has 86 valence electrons. The third-order valence-electron chi connectivity index (χ3n) is 2.37. The van der Waals surface area contributed by atoms with Crippen LogP contribution >= 0.6 is 11.8 Å². The number of hydrogen-bond donors (Lipinski definition) is 2. The lowest BCUT2D eigenvalue weighted by molar-refractivity contribution is -0.149. The van der Waals surface area contributed by atoms with Gasteiger partial charge in [-0.3, -0.25) is 4.79 Å². The molecule has 1 amide bonds. The number of nitrogens with two attached hydrogens (primary N) is 1. The van der Waals surface area contributed by atoms with E-state index in [0.29, 0.717) is 5.75 Å². The molecule has 6 heteroatoms. The number of hydrogen-bond acceptors (Lipinski definition) is 4. The van der Waals surface area contributed by atoms with E-state index in [1.165, 1.54) is 16.7 Å². The van der Waals surface area contributed by atoms with E-state index in [4.69, 9.17) is 10.8 Å². The Morgan fingerprint density at radius 2 is 2.27 bits per heavy atom. The molecular weight excluding hydrogens is 216 g/mol. The quantitative estimate of drug-likeness (QED) is 0.721. The standard InChI is InChI=1S/C9H16N2O3S/c1-3-7-11(8(12)5(2)10)6(4-15-7)9(13)14/h5-7H,3-4,10H2,1-2H3,(H,13,14)/t5-,6?,7?/m1/s1. The Morgan fingerprint density at radius 1 is 1.67 bits per heavy atom. The smallest absolute Gasteiger partial charge is 0.327 e. The minimum atomic E-state index is -0.951. The molecule has 0 aromatic carbocycles. The summed E-state index contributed by atoms with van der Waals surface area (Å²) in [7, 11) is 0. The first-order valence-electron chi connectivity index (χ1n) is 4.91. The van der Waals surface area contributed by atoms with Gasteiger partial charge in [0.25, 0.3) is 0 Å². The van der Waals surface area contributed by atoms with Gasteiger partial charge in [0.15, 0.2) is 0 Å². The predicted molar refractivity (Wildman–Crippen MR) is 58.5 cm³/mol. The van der Waals surface area contributed by atoms with Gasteiger partial charge in [0, 0.05) is 5.75 Å². The summed E-state index contributed by atoms with van der Waals surface area (Å²) in [5.41, 5.74) is 5.50. The van der Waals surface area contributed by atoms with Gasteiger partial charge in [-0.2, -0.15) is 0 Å². The van der Waals surface area contributed by atoms with Crippen LogP contribution in [0.4, 0.5) is 0 Å². The lowest BCUT2D eigenvalue weighted by atomic mass is 10.2. The van der Waals surface area contributed by atoms with Crippen LogP contribution in [-0.4, -0.2) is 45.1 Å². The van der Waals surface area contributed by atoms with Gasteiger partial charge in [0.1, 0.15) is 6.04 Å². The lowest BCUT2D eigenvalue weighted by Gasteiger charge is -2.28. The first kappa shape index (κ1) is 12.3. The number of rotatable bonds is 3. The highest BCUT2D eigenvalue weighted by molar-refractivity contribution is 8.00. The monoisotopic (exact) mass is 232 g/mol. The van der Waals surface area contributed by atoms with Gasteiger partial charge in [-0.1, -0.05) is 6.92 Å². The van der Waals surface area contributed by atoms with Gasteiger partial charge in [-0.15, -0.1) is 11.8 Å². The Kier molecular flexibility index (Phi) is 3.98. The minimum absolute atomic E-state index is 0.0513. The van der Waals surface area contributed by atoms with Crippen molar-refractivity contribution in [2.45, 2.75) is 37.7 Å². The van der Waals surface area contributed by atoms with Gasteiger partial charge in [-0.05, 0) is 13.3 Å². The summed E-state index contributed by atoms with van der Waals surface area (Å²) in [6.45, 7) is 3.51. The minimum Gasteiger partial charge on any atom is -0.480 e. The summed E-state index contributed by atoms with van der Waals surface area (Å²) < 4.78 is 0. The molecule has 3 N–H and O–H groups in total. The van der Waals surface area contributed by atoms with Crippen molar-refractivity contribution in [3.05, 3.63) is 0 Å². The molecule has 0 aromatic rings. The fraction of sp³-hybridized carbons (Fsp3) is 0.778. The number of amides is 1. The normalized spacial score (nSPS) is 27.8. The fourth-order valence-corrected chi connectivity index (χ4v) is 2.95. The van der Waals surface area contributed by atoms with Crippen LogP contribution in [0.15, 0.2) is 0 Å². The molecule has 1 heterocycles. The second-order valence-corrected chi connectivity index (χ2v) is 4.80. The zero-order valence-corrected chi connectivity index (χ0v) is 9.66. The first-order valence-corrected chi connectivity index (χ1v) is 5.96. The van der Waals surface area contributed by atoms with Gasteiger partial charge in [0.05, 0.1) is 11.4 Å². The Hall–Kier alpha value is -0.750. The average molecular weight is 232 g/mol. The van der Waals surface area contributed by atoms with Crippen LogP contribution in [0, 0.1) is 0 Å². The van der Waals surface area contributed by atoms with Crippen LogP contribution in [0.3, 0.4) is 0 Å². The summed E-state index contributed by atoms with van der Waals surface area (Å²) >= 11 is 1.50. The molecule has 0 saturated carbocycles. The third-order valence-corrected chi connectivity index (χ3v) is 3.82. The molecule has 0 bridgehead atoms. The van der Waals surface area contributed by atoms with Crippen LogP contribution in [-0.2, 0) is 9.59 Å². The van der Waals surface area contributed by atoms with E-state index in [1.54, 1.807) is 6.92 Å². The molecule has 15 heavy (non-hydrogen) atoms. The Labute approximate surface area is 93.0 Å². The molecule has 0 aliphatic carbocycles. The second-order valence-electron chi connectivity index (χ2n) is 3.58. The van der Waals surface area contributed by atoms with E-state index in [2.05, 4.69) is 0 Å². The molecule has 0 aromatic heterocycles. The highest BCUT2D eigenvalue weighted by Gasteiger charge is 2.41. The van der Waals surface area contributed by atoms with Crippen LogP contribution in [0.2, 0.25) is 0 Å². The van der Waals surface area contributed by atoms with Crippen LogP contribution in [0.5, 0.6) is 0 Å². The molecule has 1 fully saturated rings. The second kappa shape index (κ2) is 4.85. The van der Waals surface area contributed by atoms with E-state index < -0.39 is 18.1 Å². The van der Waals surface area contributed by atoms with E-state index >= 15 is 0 Å². The van der Waals surface area contributed by atoms with Crippen molar-refractivity contribution in [2.75, 3.05) is 5.75 Å². The molecule has 0 radical (unpaired) electrons. The maximum Gasteiger partial charge on any atom is 0.327 e. The van der Waals surface area contributed by atoms with Crippen molar-refractivity contribution in [1.29, 1.82) is 0 Å². The number of carboxylic acid groups (broad SMARTS) is 1. The largest absolute Gasteiger partial charge is 0.480 e. The van der Waals surface area contributed by atoms with Gasteiger partial charge in [0.2, 0.25) is 5.91 Å². The van der Waals surface area contributed by atoms with E-state index in [1.807, 2.05) is 6.92 Å². The van der Waals surface area contributed by atoms with Crippen molar-refractivity contribution in [1.82, 2.24) is 4.90 Å². The van der Waals surface area contributed by atoms with E-state index in [9.17, 15) is 9.59 Å². The summed E-state index contributed by atoms with van der Waals surface area (Å²) in [5.74, 6) is -0.779. The molecule has 1 saturated heterocycles. The zero-order valence-electron chi connectivity index (χ0n) is 8.84. The molecule has 2 unspecified atom stereocenters. The highest BCUT2D eigenvalue weighted by atomic mass is 32.2. The van der Waals surface area contributed by atoms with E-state index in [-0.39, 0.29) is 11.3 Å². The van der Waals surface area contributed by atoms with Crippen LogP contribution < -0.4 is 5.73 Å². The number of carbonyl (C=O) groups is 2. The van der Waals surface area contributed by atoms with Crippen molar-refractivity contribution < 1.29 is 14.7 Å².